The predicted molar refractivity (Wildman–Crippen MR) is 65.6 cm³/mol. The normalized spacial score (nSPS) is 25.1. The lowest BCUT2D eigenvalue weighted by Gasteiger charge is -2.36. The topological polar surface area (TPSA) is 3.24 Å². The standard InChI is InChI=1S/C13H17NS/c1-9-5-11-8-14(2)7-10-3-4-15-12(6-9)13(10)11/h5-6,10H,3-4,7-8H2,1-2H3. The zero-order chi connectivity index (χ0) is 10.4. The van der Waals surface area contributed by atoms with Crippen molar-refractivity contribution in [1.82, 2.24) is 4.90 Å². The van der Waals surface area contributed by atoms with Gasteiger partial charge in [0.15, 0.2) is 0 Å². The lowest BCUT2D eigenvalue weighted by molar-refractivity contribution is 0.274. The van der Waals surface area contributed by atoms with Crippen LogP contribution in [0.25, 0.3) is 0 Å². The third kappa shape index (κ3) is 1.60. The van der Waals surface area contributed by atoms with Crippen molar-refractivity contribution in [2.45, 2.75) is 30.7 Å². The van der Waals surface area contributed by atoms with Gasteiger partial charge in [0.2, 0.25) is 0 Å². The van der Waals surface area contributed by atoms with E-state index in [4.69, 9.17) is 0 Å². The number of likely N-dealkylation sites (N-methyl/N-ethyl adjacent to an activating group) is 1. The summed E-state index contributed by atoms with van der Waals surface area (Å²) >= 11 is 2.05. The quantitative estimate of drug-likeness (QED) is 0.660. The Morgan fingerprint density at radius 3 is 3.13 bits per heavy atom. The molecule has 0 aliphatic carbocycles. The summed E-state index contributed by atoms with van der Waals surface area (Å²) in [5.74, 6) is 2.10. The summed E-state index contributed by atoms with van der Waals surface area (Å²) in [5.41, 5.74) is 4.68. The SMILES string of the molecule is Cc1cc2c3c(c1)SCCC3CN(C)C2. The molecule has 1 unspecified atom stereocenters. The zero-order valence-electron chi connectivity index (χ0n) is 9.42. The Kier molecular flexibility index (Phi) is 2.29. The van der Waals surface area contributed by atoms with Crippen LogP contribution in [0, 0.1) is 6.92 Å². The second kappa shape index (κ2) is 3.53. The molecule has 1 nitrogen and oxygen atoms in total. The summed E-state index contributed by atoms with van der Waals surface area (Å²) in [4.78, 5) is 4.03. The Labute approximate surface area is 95.9 Å². The minimum atomic E-state index is 0.801. The number of thioether (sulfide) groups is 1. The molecule has 2 aliphatic rings. The van der Waals surface area contributed by atoms with Gasteiger partial charge in [-0.15, -0.1) is 11.8 Å². The Morgan fingerprint density at radius 2 is 2.27 bits per heavy atom. The van der Waals surface area contributed by atoms with Crippen molar-refractivity contribution in [2.24, 2.45) is 0 Å². The van der Waals surface area contributed by atoms with Crippen molar-refractivity contribution < 1.29 is 0 Å². The fourth-order valence-corrected chi connectivity index (χ4v) is 4.27. The smallest absolute Gasteiger partial charge is 0.0234 e. The van der Waals surface area contributed by atoms with Crippen molar-refractivity contribution in [3.8, 4) is 0 Å². The molecule has 2 aliphatic heterocycles. The third-order valence-corrected chi connectivity index (χ3v) is 4.57. The summed E-state index contributed by atoms with van der Waals surface area (Å²) in [6, 6.07) is 4.76. The van der Waals surface area contributed by atoms with E-state index in [1.807, 2.05) is 0 Å². The Bertz CT molecular complexity index is 400. The monoisotopic (exact) mass is 219 g/mol. The van der Waals surface area contributed by atoms with Crippen molar-refractivity contribution in [3.63, 3.8) is 0 Å². The average Bonchev–Trinajstić information content (AvgIpc) is 2.16. The van der Waals surface area contributed by atoms with Crippen LogP contribution in [0.5, 0.6) is 0 Å². The van der Waals surface area contributed by atoms with Gasteiger partial charge in [0.1, 0.15) is 0 Å². The van der Waals surface area contributed by atoms with Crippen LogP contribution in [-0.4, -0.2) is 24.2 Å². The van der Waals surface area contributed by atoms with Crippen LogP contribution in [-0.2, 0) is 6.54 Å². The Morgan fingerprint density at radius 1 is 1.40 bits per heavy atom. The molecule has 0 saturated heterocycles. The molecule has 0 amide bonds. The number of hydrogen-bond acceptors (Lipinski definition) is 2. The number of aryl methyl sites for hydroxylation is 1. The maximum absolute atomic E-state index is 2.46. The molecule has 1 atom stereocenters. The van der Waals surface area contributed by atoms with Gasteiger partial charge in [-0.3, -0.25) is 0 Å². The highest BCUT2D eigenvalue weighted by Crippen LogP contribution is 2.42. The van der Waals surface area contributed by atoms with Gasteiger partial charge in [0.25, 0.3) is 0 Å². The molecule has 1 aromatic rings. The van der Waals surface area contributed by atoms with Crippen molar-refractivity contribution in [1.29, 1.82) is 0 Å². The van der Waals surface area contributed by atoms with E-state index in [0.717, 1.165) is 12.5 Å². The van der Waals surface area contributed by atoms with E-state index in [-0.39, 0.29) is 0 Å². The summed E-state index contributed by atoms with van der Waals surface area (Å²) in [5, 5.41) is 0. The lowest BCUT2D eigenvalue weighted by Crippen LogP contribution is -2.32. The molecule has 0 N–H and O–H groups in total. The largest absolute Gasteiger partial charge is 0.301 e. The lowest BCUT2D eigenvalue weighted by atomic mass is 9.87. The van der Waals surface area contributed by atoms with Crippen LogP contribution in [0.1, 0.15) is 29.0 Å². The first-order valence-corrected chi connectivity index (χ1v) is 6.67. The first-order chi connectivity index (χ1) is 7.24. The van der Waals surface area contributed by atoms with E-state index in [2.05, 4.69) is 42.8 Å². The number of hydrogen-bond donors (Lipinski definition) is 0. The fourth-order valence-electron chi connectivity index (χ4n) is 2.92. The molecule has 0 spiro atoms. The van der Waals surface area contributed by atoms with E-state index in [1.165, 1.54) is 24.3 Å². The highest BCUT2D eigenvalue weighted by Gasteiger charge is 2.28. The number of benzene rings is 1. The highest BCUT2D eigenvalue weighted by molar-refractivity contribution is 7.99. The van der Waals surface area contributed by atoms with Crippen LogP contribution in [0.4, 0.5) is 0 Å². The van der Waals surface area contributed by atoms with Gasteiger partial charge in [-0.1, -0.05) is 6.07 Å². The first kappa shape index (κ1) is 9.73. The van der Waals surface area contributed by atoms with Crippen LogP contribution in [0.15, 0.2) is 17.0 Å². The van der Waals surface area contributed by atoms with E-state index in [9.17, 15) is 0 Å². The van der Waals surface area contributed by atoms with E-state index in [1.54, 1.807) is 16.0 Å². The average molecular weight is 219 g/mol. The van der Waals surface area contributed by atoms with Gasteiger partial charge in [0, 0.05) is 18.0 Å². The molecular weight excluding hydrogens is 202 g/mol. The van der Waals surface area contributed by atoms with Gasteiger partial charge < -0.3 is 4.90 Å². The molecule has 0 radical (unpaired) electrons. The van der Waals surface area contributed by atoms with Crippen LogP contribution in [0.2, 0.25) is 0 Å². The van der Waals surface area contributed by atoms with E-state index < -0.39 is 0 Å². The van der Waals surface area contributed by atoms with E-state index >= 15 is 0 Å². The van der Waals surface area contributed by atoms with Crippen molar-refractivity contribution in [2.75, 3.05) is 19.3 Å². The first-order valence-electron chi connectivity index (χ1n) is 5.69. The molecule has 15 heavy (non-hydrogen) atoms. The highest BCUT2D eigenvalue weighted by atomic mass is 32.2. The number of nitrogens with zero attached hydrogens (tertiary/aromatic N) is 1. The second-order valence-corrected chi connectivity index (χ2v) is 6.00. The molecule has 80 valence electrons. The summed E-state index contributed by atoms with van der Waals surface area (Å²) < 4.78 is 0. The maximum Gasteiger partial charge on any atom is 0.0234 e. The van der Waals surface area contributed by atoms with Crippen molar-refractivity contribution in [3.05, 3.63) is 28.8 Å². The Balaban J connectivity index is 2.16. The molecule has 1 aromatic carbocycles. The molecule has 2 heteroatoms. The maximum atomic E-state index is 2.46. The minimum Gasteiger partial charge on any atom is -0.301 e. The molecule has 0 bridgehead atoms. The molecule has 2 heterocycles. The van der Waals surface area contributed by atoms with Gasteiger partial charge >= 0.3 is 0 Å². The number of rotatable bonds is 0. The summed E-state index contributed by atoms with van der Waals surface area (Å²) in [6.45, 7) is 4.61. The van der Waals surface area contributed by atoms with Gasteiger partial charge in [0.05, 0.1) is 0 Å². The van der Waals surface area contributed by atoms with Gasteiger partial charge in [-0.2, -0.15) is 0 Å². The predicted octanol–water partition coefficient (Wildman–Crippen LogP) is 3.02. The van der Waals surface area contributed by atoms with Crippen LogP contribution < -0.4 is 0 Å². The van der Waals surface area contributed by atoms with Crippen LogP contribution in [0.3, 0.4) is 0 Å². The fraction of sp³-hybridized carbons (Fsp3) is 0.538. The molecule has 0 fully saturated rings. The molecule has 0 aromatic heterocycles. The van der Waals surface area contributed by atoms with Gasteiger partial charge in [-0.25, -0.2) is 0 Å². The van der Waals surface area contributed by atoms with E-state index in [0.29, 0.717) is 0 Å². The van der Waals surface area contributed by atoms with Crippen molar-refractivity contribution >= 4 is 11.8 Å². The summed E-state index contributed by atoms with van der Waals surface area (Å²) in [7, 11) is 2.24. The molecule has 0 saturated carbocycles. The molecular formula is C13H17NS. The zero-order valence-corrected chi connectivity index (χ0v) is 10.2. The molecule has 3 rings (SSSR count). The third-order valence-electron chi connectivity index (χ3n) is 3.48. The van der Waals surface area contributed by atoms with Gasteiger partial charge in [-0.05, 0) is 54.8 Å². The van der Waals surface area contributed by atoms with Crippen LogP contribution >= 0.6 is 11.8 Å². The second-order valence-electron chi connectivity index (χ2n) is 4.87. The minimum absolute atomic E-state index is 0.801. The Hall–Kier alpha value is -0.470. The summed E-state index contributed by atoms with van der Waals surface area (Å²) in [6.07, 6.45) is 1.36.